The number of anilines is 2. The van der Waals surface area contributed by atoms with Crippen LogP contribution in [0.5, 0.6) is 5.88 Å². The van der Waals surface area contributed by atoms with Crippen LogP contribution in [0.15, 0.2) is 12.3 Å². The average Bonchev–Trinajstić information content (AvgIpc) is 3.06. The van der Waals surface area contributed by atoms with Gasteiger partial charge in [0.05, 0.1) is 32.1 Å². The predicted molar refractivity (Wildman–Crippen MR) is 113 cm³/mol. The van der Waals surface area contributed by atoms with Crippen LogP contribution < -0.4 is 20.4 Å². The third-order valence-electron chi connectivity index (χ3n) is 4.00. The quantitative estimate of drug-likeness (QED) is 0.307. The van der Waals surface area contributed by atoms with Gasteiger partial charge in [0.25, 0.3) is 0 Å². The van der Waals surface area contributed by atoms with Gasteiger partial charge in [0.2, 0.25) is 5.88 Å². The maximum Gasteiger partial charge on any atom is 0.414 e. The number of ether oxygens (including phenoxy) is 4. The molecule has 0 saturated carbocycles. The van der Waals surface area contributed by atoms with Gasteiger partial charge >= 0.3 is 18.2 Å². The van der Waals surface area contributed by atoms with Crippen LogP contribution in [0.4, 0.5) is 21.0 Å². The summed E-state index contributed by atoms with van der Waals surface area (Å²) in [7, 11) is 1.40. The molecule has 1 atom stereocenters. The van der Waals surface area contributed by atoms with Gasteiger partial charge in [0.15, 0.2) is 6.61 Å². The molecule has 0 radical (unpaired) electrons. The Hall–Kier alpha value is -3.28. The number of hydrogen-bond donors (Lipinski definition) is 2. The van der Waals surface area contributed by atoms with Crippen LogP contribution in [0.3, 0.4) is 0 Å². The maximum atomic E-state index is 12.3. The van der Waals surface area contributed by atoms with E-state index in [1.807, 2.05) is 0 Å². The van der Waals surface area contributed by atoms with Crippen molar-refractivity contribution in [3.05, 3.63) is 12.3 Å². The first-order valence-electron chi connectivity index (χ1n) is 10.2. The number of nitrogens with zero attached hydrogens (tertiary/aromatic N) is 2. The minimum Gasteiger partial charge on any atom is -0.464 e. The first-order valence-corrected chi connectivity index (χ1v) is 10.2. The highest BCUT2D eigenvalue weighted by Crippen LogP contribution is 2.30. The second kappa shape index (κ2) is 11.4. The van der Waals surface area contributed by atoms with Crippen LogP contribution >= 0.6 is 0 Å². The topological polar surface area (TPSA) is 138 Å². The molecular weight excluding hydrogens is 424 g/mol. The van der Waals surface area contributed by atoms with Crippen molar-refractivity contribution in [1.82, 2.24) is 10.3 Å². The summed E-state index contributed by atoms with van der Waals surface area (Å²) in [5, 5.41) is 2.64. The predicted octanol–water partition coefficient (Wildman–Crippen LogP) is 2.24. The van der Waals surface area contributed by atoms with Gasteiger partial charge in [0.1, 0.15) is 17.4 Å². The summed E-state index contributed by atoms with van der Waals surface area (Å²) in [6, 6.07) is 1.58. The molecular formula is C20H30N4O8. The molecule has 0 spiro atoms. The number of rotatable bonds is 10. The Morgan fingerprint density at radius 1 is 1.34 bits per heavy atom. The number of amides is 2. The molecule has 0 aliphatic carbocycles. The number of esters is 1. The molecule has 2 rings (SSSR count). The molecule has 12 heteroatoms. The number of hydrogen-bond acceptors (Lipinski definition) is 10. The summed E-state index contributed by atoms with van der Waals surface area (Å²) < 4.78 is 20.7. The van der Waals surface area contributed by atoms with Crippen molar-refractivity contribution in [2.75, 3.05) is 43.8 Å². The van der Waals surface area contributed by atoms with Crippen molar-refractivity contribution in [2.45, 2.75) is 45.8 Å². The molecule has 1 aromatic heterocycles. The molecule has 12 nitrogen and oxygen atoms in total. The molecule has 1 aliphatic heterocycles. The van der Waals surface area contributed by atoms with Crippen LogP contribution in [0.2, 0.25) is 0 Å². The second-order valence-electron chi connectivity index (χ2n) is 7.78. The number of cyclic esters (lactones) is 1. The lowest BCUT2D eigenvalue weighted by atomic mass is 10.2. The molecule has 1 fully saturated rings. The summed E-state index contributed by atoms with van der Waals surface area (Å²) >= 11 is 0. The molecule has 178 valence electrons. The Balaban J connectivity index is 1.95. The zero-order valence-electron chi connectivity index (χ0n) is 18.9. The molecule has 1 aromatic rings. The van der Waals surface area contributed by atoms with E-state index in [9.17, 15) is 14.4 Å². The lowest BCUT2D eigenvalue weighted by Gasteiger charge is -2.20. The van der Waals surface area contributed by atoms with Gasteiger partial charge in [-0.2, -0.15) is 0 Å². The fraction of sp³-hybridized carbons (Fsp3) is 0.600. The third-order valence-corrected chi connectivity index (χ3v) is 4.00. The third kappa shape index (κ3) is 7.76. The summed E-state index contributed by atoms with van der Waals surface area (Å²) in [6.07, 6.45) is 0.341. The first kappa shape index (κ1) is 25.0. The average molecular weight is 454 g/mol. The molecule has 2 N–H and O–H groups in total. The normalized spacial score (nSPS) is 15.7. The number of carbonyl (C=O) groups is 3. The fourth-order valence-electron chi connectivity index (χ4n) is 2.75. The van der Waals surface area contributed by atoms with Crippen LogP contribution in [-0.4, -0.2) is 68.3 Å². The summed E-state index contributed by atoms with van der Waals surface area (Å²) in [6.45, 7) is 7.49. The monoisotopic (exact) mass is 454 g/mol. The molecule has 1 unspecified atom stereocenters. The Morgan fingerprint density at radius 2 is 2.09 bits per heavy atom. The minimum absolute atomic E-state index is 0.106. The van der Waals surface area contributed by atoms with Crippen LogP contribution in [0, 0.1) is 0 Å². The van der Waals surface area contributed by atoms with Gasteiger partial charge in [0, 0.05) is 13.0 Å². The SMILES string of the molecule is CCOC(=O)COc1ncc(N2CC(CCNC(=O)OC(C)(C)C)OC2=O)cc1NOC. The van der Waals surface area contributed by atoms with E-state index in [0.717, 1.165) is 0 Å². The fourth-order valence-corrected chi connectivity index (χ4v) is 2.75. The Kier molecular flexibility index (Phi) is 8.88. The van der Waals surface area contributed by atoms with Gasteiger partial charge in [-0.15, -0.1) is 0 Å². The van der Waals surface area contributed by atoms with E-state index in [0.29, 0.717) is 17.8 Å². The zero-order valence-corrected chi connectivity index (χ0v) is 18.9. The molecule has 1 aliphatic rings. The number of pyridine rings is 1. The molecule has 2 heterocycles. The number of nitrogens with one attached hydrogen (secondary N) is 2. The maximum absolute atomic E-state index is 12.3. The zero-order chi connectivity index (χ0) is 23.7. The Morgan fingerprint density at radius 3 is 2.75 bits per heavy atom. The number of alkyl carbamates (subject to hydrolysis) is 1. The molecule has 0 aromatic carbocycles. The Labute approximate surface area is 186 Å². The highest BCUT2D eigenvalue weighted by Gasteiger charge is 2.33. The minimum atomic E-state index is -0.589. The van der Waals surface area contributed by atoms with Crippen molar-refractivity contribution in [1.29, 1.82) is 0 Å². The van der Waals surface area contributed by atoms with Crippen LogP contribution in [0.25, 0.3) is 0 Å². The van der Waals surface area contributed by atoms with E-state index in [2.05, 4.69) is 15.8 Å². The van der Waals surface area contributed by atoms with Crippen molar-refractivity contribution < 1.29 is 38.2 Å². The van der Waals surface area contributed by atoms with E-state index in [-0.39, 0.29) is 32.2 Å². The number of carbonyl (C=O) groups excluding carboxylic acids is 3. The lowest BCUT2D eigenvalue weighted by Crippen LogP contribution is -2.34. The van der Waals surface area contributed by atoms with Crippen LogP contribution in [0.1, 0.15) is 34.1 Å². The van der Waals surface area contributed by atoms with Gasteiger partial charge in [-0.05, 0) is 33.8 Å². The molecule has 0 bridgehead atoms. The summed E-state index contributed by atoms with van der Waals surface area (Å²) in [5.41, 5.74) is 2.78. The van der Waals surface area contributed by atoms with Gasteiger partial charge in [-0.3, -0.25) is 15.2 Å². The van der Waals surface area contributed by atoms with Crippen LogP contribution in [-0.2, 0) is 23.8 Å². The van der Waals surface area contributed by atoms with E-state index in [1.54, 1.807) is 33.8 Å². The largest absolute Gasteiger partial charge is 0.464 e. The van der Waals surface area contributed by atoms with Crippen molar-refractivity contribution in [3.8, 4) is 5.88 Å². The Bertz CT molecular complexity index is 811. The highest BCUT2D eigenvalue weighted by atomic mass is 16.6. The van der Waals surface area contributed by atoms with Gasteiger partial charge in [-0.1, -0.05) is 0 Å². The van der Waals surface area contributed by atoms with Crippen molar-refractivity contribution in [3.63, 3.8) is 0 Å². The van der Waals surface area contributed by atoms with E-state index < -0.39 is 29.9 Å². The summed E-state index contributed by atoms with van der Waals surface area (Å²) in [4.78, 5) is 46.1. The van der Waals surface area contributed by atoms with Gasteiger partial charge in [-0.25, -0.2) is 19.4 Å². The van der Waals surface area contributed by atoms with E-state index in [1.165, 1.54) is 18.2 Å². The molecule has 1 saturated heterocycles. The number of aromatic nitrogens is 1. The van der Waals surface area contributed by atoms with Crippen molar-refractivity contribution in [2.24, 2.45) is 0 Å². The standard InChI is InChI=1S/C20H30N4O8/c1-6-29-16(25)12-30-17-15(23-28-5)9-13(10-22-17)24-11-14(31-19(24)27)7-8-21-18(26)32-20(2,3)4/h9-10,14,23H,6-8,11-12H2,1-5H3,(H,21,26). The van der Waals surface area contributed by atoms with Gasteiger partial charge < -0.3 is 24.3 Å². The smallest absolute Gasteiger partial charge is 0.414 e. The summed E-state index contributed by atoms with van der Waals surface area (Å²) in [5.74, 6) is -0.429. The van der Waals surface area contributed by atoms with E-state index in [4.69, 9.17) is 23.8 Å². The lowest BCUT2D eigenvalue weighted by molar-refractivity contribution is -0.145. The highest BCUT2D eigenvalue weighted by molar-refractivity contribution is 5.90. The molecule has 32 heavy (non-hydrogen) atoms. The second-order valence-corrected chi connectivity index (χ2v) is 7.78. The van der Waals surface area contributed by atoms with E-state index >= 15 is 0 Å². The first-order chi connectivity index (χ1) is 15.1. The molecule has 2 amide bonds. The van der Waals surface area contributed by atoms with Crippen molar-refractivity contribution >= 4 is 29.5 Å².